The summed E-state index contributed by atoms with van der Waals surface area (Å²) >= 11 is 0.942. The van der Waals surface area contributed by atoms with Crippen LogP contribution in [0.2, 0.25) is 0 Å². The second-order valence-corrected chi connectivity index (χ2v) is 5.29. The molecule has 0 saturated heterocycles. The van der Waals surface area contributed by atoms with E-state index in [1.165, 1.54) is 37.6 Å². The average Bonchev–Trinajstić information content (AvgIpc) is 2.53. The number of rotatable bonds is 6. The summed E-state index contributed by atoms with van der Waals surface area (Å²) in [6, 6.07) is 6.55. The van der Waals surface area contributed by atoms with Crippen molar-refractivity contribution in [2.45, 2.75) is 5.03 Å². The molecule has 24 heavy (non-hydrogen) atoms. The van der Waals surface area contributed by atoms with Crippen LogP contribution >= 0.6 is 11.8 Å². The molecule has 120 valence electrons. The van der Waals surface area contributed by atoms with E-state index in [9.17, 15) is 19.1 Å². The summed E-state index contributed by atoms with van der Waals surface area (Å²) in [7, 11) is 1.40. The van der Waals surface area contributed by atoms with E-state index in [0.717, 1.165) is 17.8 Å². The number of thioether (sulfide) groups is 1. The molecule has 0 fully saturated rings. The number of ether oxygens (including phenoxy) is 1. The Balaban J connectivity index is 0.00000288. The predicted octanol–water partition coefficient (Wildman–Crippen LogP) is -1.67. The number of nitrogens with one attached hydrogen (secondary N) is 1. The number of benzene rings is 1. The fourth-order valence-electron chi connectivity index (χ4n) is 1.76. The molecule has 0 spiro atoms. The van der Waals surface area contributed by atoms with Crippen molar-refractivity contribution < 1.29 is 75.2 Å². The zero-order valence-electron chi connectivity index (χ0n) is 13.0. The summed E-state index contributed by atoms with van der Waals surface area (Å²) in [4.78, 5) is 26.8. The molecule has 0 aliphatic heterocycles. The first-order chi connectivity index (χ1) is 11.0. The van der Waals surface area contributed by atoms with Crippen molar-refractivity contribution in [2.24, 2.45) is 0 Å². The maximum atomic E-state index is 13.2. The van der Waals surface area contributed by atoms with E-state index in [2.05, 4.69) is 10.3 Å². The van der Waals surface area contributed by atoms with Gasteiger partial charge in [-0.05, 0) is 24.3 Å². The number of nitrogens with zero attached hydrogens (tertiary/aromatic N) is 1. The zero-order valence-corrected chi connectivity index (χ0v) is 17.0. The van der Waals surface area contributed by atoms with Crippen molar-refractivity contribution in [3.63, 3.8) is 0 Å². The van der Waals surface area contributed by atoms with Gasteiger partial charge >= 0.3 is 51.4 Å². The van der Waals surface area contributed by atoms with Crippen molar-refractivity contribution >= 4 is 29.3 Å². The van der Waals surface area contributed by atoms with Gasteiger partial charge in [-0.15, -0.1) is 0 Å². The average molecular weight is 374 g/mol. The summed E-state index contributed by atoms with van der Waals surface area (Å²) in [5, 5.41) is 13.6. The maximum absolute atomic E-state index is 13.2. The molecule has 0 saturated carbocycles. The number of hydrogen-bond acceptors (Lipinski definition) is 6. The molecule has 0 unspecified atom stereocenters. The molecule has 2 aromatic rings. The van der Waals surface area contributed by atoms with E-state index in [1.54, 1.807) is 0 Å². The molecule has 0 aliphatic rings. The second-order valence-electron chi connectivity index (χ2n) is 4.33. The first-order valence-corrected chi connectivity index (χ1v) is 7.42. The summed E-state index contributed by atoms with van der Waals surface area (Å²) in [6.45, 7) is 0. The van der Waals surface area contributed by atoms with E-state index >= 15 is 0 Å². The molecule has 6 nitrogen and oxygen atoms in total. The Bertz CT molecular complexity index is 745. The van der Waals surface area contributed by atoms with E-state index in [0.29, 0.717) is 5.75 Å². The zero-order chi connectivity index (χ0) is 16.8. The van der Waals surface area contributed by atoms with Gasteiger partial charge in [-0.3, -0.25) is 4.79 Å². The fourth-order valence-corrected chi connectivity index (χ4v) is 2.54. The SMILES string of the molecule is COc1ccc(F)cc1NC(=O)CSc1ncccc1C(=O)[O-].[K+]. The predicted molar refractivity (Wildman–Crippen MR) is 80.9 cm³/mol. The van der Waals surface area contributed by atoms with Gasteiger partial charge in [0.25, 0.3) is 0 Å². The van der Waals surface area contributed by atoms with Gasteiger partial charge < -0.3 is 20.0 Å². The molecular formula is C15H12FKN2O4S. The van der Waals surface area contributed by atoms with Crippen LogP contribution in [-0.4, -0.2) is 29.7 Å². The van der Waals surface area contributed by atoms with E-state index in [-0.39, 0.29) is 73.4 Å². The van der Waals surface area contributed by atoms with Gasteiger partial charge in [0, 0.05) is 17.8 Å². The number of carboxylic acid groups (broad SMARTS) is 1. The largest absolute Gasteiger partial charge is 1.00 e. The van der Waals surface area contributed by atoms with Crippen LogP contribution in [0.3, 0.4) is 0 Å². The van der Waals surface area contributed by atoms with Crippen molar-refractivity contribution in [1.82, 2.24) is 4.98 Å². The number of halogens is 1. The minimum atomic E-state index is -1.37. The fraction of sp³-hybridized carbons (Fsp3) is 0.133. The second kappa shape index (κ2) is 10.1. The topological polar surface area (TPSA) is 91.3 Å². The van der Waals surface area contributed by atoms with Crippen molar-refractivity contribution in [2.75, 3.05) is 18.2 Å². The molecule has 0 bridgehead atoms. The molecule has 1 amide bonds. The molecule has 0 atom stereocenters. The molecule has 1 N–H and O–H groups in total. The van der Waals surface area contributed by atoms with Crippen molar-refractivity contribution in [1.29, 1.82) is 0 Å². The van der Waals surface area contributed by atoms with Gasteiger partial charge in [-0.25, -0.2) is 9.37 Å². The molecule has 0 aliphatic carbocycles. The van der Waals surface area contributed by atoms with Crippen molar-refractivity contribution in [3.05, 3.63) is 47.9 Å². The number of carbonyl (C=O) groups is 2. The number of carboxylic acids is 1. The van der Waals surface area contributed by atoms with Gasteiger partial charge in [-0.1, -0.05) is 11.8 Å². The Labute approximate surface area is 184 Å². The number of hydrogen-bond donors (Lipinski definition) is 1. The van der Waals surface area contributed by atoms with Crippen LogP contribution in [0.25, 0.3) is 0 Å². The number of amides is 1. The smallest absolute Gasteiger partial charge is 0.545 e. The number of anilines is 1. The Morgan fingerprint density at radius 2 is 2.12 bits per heavy atom. The van der Waals surface area contributed by atoms with Crippen LogP contribution in [0.1, 0.15) is 10.4 Å². The summed E-state index contributed by atoms with van der Waals surface area (Å²) < 4.78 is 18.3. The van der Waals surface area contributed by atoms with Gasteiger partial charge in [-0.2, -0.15) is 0 Å². The van der Waals surface area contributed by atoms with Gasteiger partial charge in [0.15, 0.2) is 0 Å². The van der Waals surface area contributed by atoms with Gasteiger partial charge in [0.1, 0.15) is 16.6 Å². The quantitative estimate of drug-likeness (QED) is 0.480. The minimum Gasteiger partial charge on any atom is -0.545 e. The normalized spacial score (nSPS) is 9.75. The summed E-state index contributed by atoms with van der Waals surface area (Å²) in [5.74, 6) is -2.12. The third-order valence-electron chi connectivity index (χ3n) is 2.77. The number of aromatic carboxylic acids is 1. The number of aromatic nitrogens is 1. The van der Waals surface area contributed by atoms with Crippen molar-refractivity contribution in [3.8, 4) is 5.75 Å². The van der Waals surface area contributed by atoms with Crippen LogP contribution in [0, 0.1) is 5.82 Å². The van der Waals surface area contributed by atoms with E-state index < -0.39 is 17.7 Å². The van der Waals surface area contributed by atoms with Gasteiger partial charge in [0.05, 0.1) is 24.5 Å². The van der Waals surface area contributed by atoms with Crippen LogP contribution in [0.4, 0.5) is 10.1 Å². The van der Waals surface area contributed by atoms with E-state index in [1.807, 2.05) is 0 Å². The molecule has 1 aromatic heterocycles. The first-order valence-electron chi connectivity index (χ1n) is 6.44. The Hall–Kier alpha value is -0.974. The Morgan fingerprint density at radius 3 is 2.79 bits per heavy atom. The number of carbonyl (C=O) groups excluding carboxylic acids is 2. The Kier molecular flexibility index (Phi) is 8.88. The van der Waals surface area contributed by atoms with Crippen LogP contribution in [-0.2, 0) is 4.79 Å². The third kappa shape index (κ3) is 5.83. The summed E-state index contributed by atoms with van der Waals surface area (Å²) in [5.41, 5.74) is 0.105. The monoisotopic (exact) mass is 374 g/mol. The molecule has 1 heterocycles. The van der Waals surface area contributed by atoms with Crippen LogP contribution < -0.4 is 66.5 Å². The molecule has 9 heteroatoms. The summed E-state index contributed by atoms with van der Waals surface area (Å²) in [6.07, 6.45) is 1.42. The molecule has 0 radical (unpaired) electrons. The van der Waals surface area contributed by atoms with Crippen LogP contribution in [0.5, 0.6) is 5.75 Å². The third-order valence-corrected chi connectivity index (χ3v) is 3.77. The van der Waals surface area contributed by atoms with E-state index in [4.69, 9.17) is 4.74 Å². The number of pyridine rings is 1. The molecular weight excluding hydrogens is 362 g/mol. The molecule has 2 rings (SSSR count). The number of methoxy groups -OCH3 is 1. The Morgan fingerprint density at radius 1 is 1.38 bits per heavy atom. The molecule has 1 aromatic carbocycles. The van der Waals surface area contributed by atoms with Gasteiger partial charge in [0.2, 0.25) is 5.91 Å². The van der Waals surface area contributed by atoms with Crippen LogP contribution in [0.15, 0.2) is 41.6 Å². The maximum Gasteiger partial charge on any atom is 1.00 e. The minimum absolute atomic E-state index is 0. The first kappa shape index (κ1) is 21.1. The standard InChI is InChI=1S/C15H13FN2O4S.K/c1-22-12-5-4-9(16)7-11(12)18-13(19)8-23-14-10(15(20)21)3-2-6-17-14;/h2-7H,8H2,1H3,(H,18,19)(H,20,21);/q;+1/p-1.